The molecule has 0 aromatic carbocycles. The van der Waals surface area contributed by atoms with Gasteiger partial charge in [-0.15, -0.1) is 11.6 Å². The van der Waals surface area contributed by atoms with Gasteiger partial charge in [-0.3, -0.25) is 0 Å². The van der Waals surface area contributed by atoms with Crippen molar-refractivity contribution in [3.63, 3.8) is 0 Å². The zero-order valence-electron chi connectivity index (χ0n) is 12.6. The molecule has 110 valence electrons. The topological polar surface area (TPSA) is 35.6 Å². The van der Waals surface area contributed by atoms with E-state index in [9.17, 15) is 0 Å². The molecular formula is C15H23ClN4. The number of rotatable bonds is 6. The Balaban J connectivity index is 2.09. The van der Waals surface area contributed by atoms with E-state index in [-0.39, 0.29) is 0 Å². The molecule has 0 spiro atoms. The van der Waals surface area contributed by atoms with E-state index in [4.69, 9.17) is 16.6 Å². The molecule has 20 heavy (non-hydrogen) atoms. The second kappa shape index (κ2) is 5.40. The highest BCUT2D eigenvalue weighted by atomic mass is 35.5. The number of aryl methyl sites for hydroxylation is 3. The monoisotopic (exact) mass is 294 g/mol. The molecule has 2 aromatic rings. The van der Waals surface area contributed by atoms with E-state index in [2.05, 4.69) is 28.2 Å². The van der Waals surface area contributed by atoms with E-state index in [0.717, 1.165) is 35.9 Å². The fourth-order valence-corrected chi connectivity index (χ4v) is 3.46. The Morgan fingerprint density at radius 3 is 2.80 bits per heavy atom. The largest absolute Gasteiger partial charge is 0.309 e. The molecule has 0 N–H and O–H groups in total. The van der Waals surface area contributed by atoms with Gasteiger partial charge in [-0.25, -0.2) is 9.67 Å². The Kier molecular flexibility index (Phi) is 3.76. The van der Waals surface area contributed by atoms with E-state index < -0.39 is 0 Å². The zero-order chi connectivity index (χ0) is 14.3. The molecule has 0 bridgehead atoms. The summed E-state index contributed by atoms with van der Waals surface area (Å²) in [7, 11) is 0. The minimum atomic E-state index is 0.611. The van der Waals surface area contributed by atoms with Gasteiger partial charge >= 0.3 is 0 Å². The number of fused-ring (bicyclic) bond motifs is 1. The molecule has 2 aromatic heterocycles. The molecule has 2 unspecified atom stereocenters. The molecule has 5 heteroatoms. The quantitative estimate of drug-likeness (QED) is 0.762. The second-order valence-corrected chi connectivity index (χ2v) is 6.14. The summed E-state index contributed by atoms with van der Waals surface area (Å²) in [5, 5.41) is 4.61. The van der Waals surface area contributed by atoms with Gasteiger partial charge in [0.1, 0.15) is 11.3 Å². The standard InChI is InChI=1S/C15H23ClN4/c1-4-6-11-9-12(11)20-13(7-8-16)17-14-10(3)18-19(5-2)15(14)20/h11-12H,4-9H2,1-3H3. The molecule has 1 aliphatic rings. The molecular weight excluding hydrogens is 272 g/mol. The summed E-state index contributed by atoms with van der Waals surface area (Å²) >= 11 is 5.96. The first-order valence-electron chi connectivity index (χ1n) is 7.71. The van der Waals surface area contributed by atoms with Gasteiger partial charge in [0.05, 0.1) is 5.69 Å². The van der Waals surface area contributed by atoms with Crippen molar-refractivity contribution >= 4 is 22.8 Å². The van der Waals surface area contributed by atoms with Crippen LogP contribution in [0.3, 0.4) is 0 Å². The molecule has 0 aliphatic heterocycles. The molecule has 2 atom stereocenters. The first-order valence-corrected chi connectivity index (χ1v) is 8.24. The van der Waals surface area contributed by atoms with Gasteiger partial charge < -0.3 is 4.57 Å². The number of nitrogens with zero attached hydrogens (tertiary/aromatic N) is 4. The highest BCUT2D eigenvalue weighted by Gasteiger charge is 2.40. The van der Waals surface area contributed by atoms with Crippen LogP contribution in [0.15, 0.2) is 0 Å². The van der Waals surface area contributed by atoms with Crippen molar-refractivity contribution in [1.82, 2.24) is 19.3 Å². The molecule has 1 saturated carbocycles. The van der Waals surface area contributed by atoms with Crippen LogP contribution >= 0.6 is 11.6 Å². The lowest BCUT2D eigenvalue weighted by molar-refractivity contribution is 0.575. The van der Waals surface area contributed by atoms with Gasteiger partial charge in [-0.2, -0.15) is 5.10 Å². The maximum Gasteiger partial charge on any atom is 0.159 e. The van der Waals surface area contributed by atoms with Crippen LogP contribution in [0, 0.1) is 12.8 Å². The number of imidazole rings is 1. The van der Waals surface area contributed by atoms with Gasteiger partial charge in [-0.05, 0) is 32.6 Å². The van der Waals surface area contributed by atoms with Crippen molar-refractivity contribution in [2.75, 3.05) is 5.88 Å². The van der Waals surface area contributed by atoms with Crippen molar-refractivity contribution < 1.29 is 0 Å². The van der Waals surface area contributed by atoms with Crippen molar-refractivity contribution in [3.8, 4) is 0 Å². The summed E-state index contributed by atoms with van der Waals surface area (Å²) in [6.07, 6.45) is 4.69. The molecule has 2 heterocycles. The lowest BCUT2D eigenvalue weighted by Gasteiger charge is -2.09. The molecule has 1 aliphatic carbocycles. The molecule has 0 radical (unpaired) electrons. The maximum absolute atomic E-state index is 5.96. The average Bonchev–Trinajstić information content (AvgIpc) is 2.97. The van der Waals surface area contributed by atoms with Crippen molar-refractivity contribution in [1.29, 1.82) is 0 Å². The Labute approximate surface area is 125 Å². The number of hydrogen-bond acceptors (Lipinski definition) is 2. The summed E-state index contributed by atoms with van der Waals surface area (Å²) in [6, 6.07) is 0.611. The summed E-state index contributed by atoms with van der Waals surface area (Å²) in [5.74, 6) is 2.58. The molecule has 4 nitrogen and oxygen atoms in total. The predicted octanol–water partition coefficient (Wildman–Crippen LogP) is 3.70. The van der Waals surface area contributed by atoms with Crippen LogP contribution in [0.1, 0.15) is 50.7 Å². The number of hydrogen-bond donors (Lipinski definition) is 0. The second-order valence-electron chi connectivity index (χ2n) is 5.76. The Bertz CT molecular complexity index is 613. The minimum Gasteiger partial charge on any atom is -0.309 e. The maximum atomic E-state index is 5.96. The fourth-order valence-electron chi connectivity index (χ4n) is 3.29. The molecule has 0 saturated heterocycles. The third-order valence-electron chi connectivity index (χ3n) is 4.31. The number of aromatic nitrogens is 4. The SMILES string of the molecule is CCCC1CC1n1c(CCCl)nc2c(C)nn(CC)c21. The van der Waals surface area contributed by atoms with Crippen LogP contribution in [-0.4, -0.2) is 25.2 Å². The molecule has 1 fully saturated rings. The Morgan fingerprint density at radius 2 is 2.15 bits per heavy atom. The van der Waals surface area contributed by atoms with Gasteiger partial charge in [0.2, 0.25) is 0 Å². The van der Waals surface area contributed by atoms with E-state index in [0.29, 0.717) is 11.9 Å². The number of halogens is 1. The highest BCUT2D eigenvalue weighted by Crippen LogP contribution is 2.48. The van der Waals surface area contributed by atoms with E-state index in [1.165, 1.54) is 24.9 Å². The van der Waals surface area contributed by atoms with Crippen LogP contribution in [0.4, 0.5) is 0 Å². The van der Waals surface area contributed by atoms with E-state index in [1.54, 1.807) is 0 Å². The van der Waals surface area contributed by atoms with Crippen molar-refractivity contribution in [2.45, 2.75) is 59.0 Å². The lowest BCUT2D eigenvalue weighted by Crippen LogP contribution is -2.09. The minimum absolute atomic E-state index is 0.611. The normalized spacial score (nSPS) is 21.8. The van der Waals surface area contributed by atoms with Crippen LogP contribution in [0.2, 0.25) is 0 Å². The third-order valence-corrected chi connectivity index (χ3v) is 4.50. The van der Waals surface area contributed by atoms with E-state index in [1.807, 2.05) is 6.92 Å². The van der Waals surface area contributed by atoms with Crippen LogP contribution in [0.25, 0.3) is 11.2 Å². The fraction of sp³-hybridized carbons (Fsp3) is 0.733. The smallest absolute Gasteiger partial charge is 0.159 e. The molecule has 0 amide bonds. The van der Waals surface area contributed by atoms with Gasteiger partial charge in [0, 0.05) is 24.9 Å². The highest BCUT2D eigenvalue weighted by molar-refractivity contribution is 6.17. The zero-order valence-corrected chi connectivity index (χ0v) is 13.3. The summed E-state index contributed by atoms with van der Waals surface area (Å²) in [6.45, 7) is 7.34. The van der Waals surface area contributed by atoms with Crippen molar-refractivity contribution in [2.24, 2.45) is 5.92 Å². The van der Waals surface area contributed by atoms with Gasteiger partial charge in [0.25, 0.3) is 0 Å². The Morgan fingerprint density at radius 1 is 1.35 bits per heavy atom. The summed E-state index contributed by atoms with van der Waals surface area (Å²) in [4.78, 5) is 4.82. The Hall–Kier alpha value is -1.03. The van der Waals surface area contributed by atoms with Crippen LogP contribution in [-0.2, 0) is 13.0 Å². The lowest BCUT2D eigenvalue weighted by atomic mass is 10.2. The summed E-state index contributed by atoms with van der Waals surface area (Å²) in [5.41, 5.74) is 3.30. The van der Waals surface area contributed by atoms with Gasteiger partial charge in [-0.1, -0.05) is 13.3 Å². The van der Waals surface area contributed by atoms with Crippen LogP contribution < -0.4 is 0 Å². The predicted molar refractivity (Wildman–Crippen MR) is 82.4 cm³/mol. The van der Waals surface area contributed by atoms with E-state index >= 15 is 0 Å². The number of alkyl halides is 1. The van der Waals surface area contributed by atoms with Gasteiger partial charge in [0.15, 0.2) is 5.65 Å². The summed E-state index contributed by atoms with van der Waals surface area (Å²) < 4.78 is 4.53. The first kappa shape index (κ1) is 13.9. The third kappa shape index (κ3) is 2.14. The van der Waals surface area contributed by atoms with Crippen molar-refractivity contribution in [3.05, 3.63) is 11.5 Å². The first-order chi connectivity index (χ1) is 9.71. The average molecular weight is 295 g/mol. The molecule has 3 rings (SSSR count). The van der Waals surface area contributed by atoms with Crippen LogP contribution in [0.5, 0.6) is 0 Å².